The number of aliphatic carboxylic acids is 1. The summed E-state index contributed by atoms with van der Waals surface area (Å²) in [5, 5.41) is 11.9. The smallest absolute Gasteiger partial charge is 0.318 e. The molecule has 2 amide bonds. The first-order valence-electron chi connectivity index (χ1n) is 9.24. The van der Waals surface area contributed by atoms with E-state index in [4.69, 9.17) is 9.84 Å². The Morgan fingerprint density at radius 3 is 2.71 bits per heavy atom. The molecule has 6 nitrogen and oxygen atoms in total. The van der Waals surface area contributed by atoms with Crippen molar-refractivity contribution in [2.45, 2.75) is 31.8 Å². The summed E-state index contributed by atoms with van der Waals surface area (Å²) in [6.07, 6.45) is 0.829. The summed E-state index contributed by atoms with van der Waals surface area (Å²) in [5.74, 6) is -1.16. The first-order valence-corrected chi connectivity index (χ1v) is 9.24. The van der Waals surface area contributed by atoms with Gasteiger partial charge < -0.3 is 20.1 Å². The SMILES string of the molecule is O=C(O)CCC(Cc1ccccc1)NC(=O)N1CCOc2c(F)cccc2C1. The Bertz CT molecular complexity index is 828. The quantitative estimate of drug-likeness (QED) is 0.799. The molecule has 1 aliphatic rings. The molecule has 1 atom stereocenters. The summed E-state index contributed by atoms with van der Waals surface area (Å²) in [4.78, 5) is 25.4. The monoisotopic (exact) mass is 386 g/mol. The predicted molar refractivity (Wildman–Crippen MR) is 102 cm³/mol. The number of carbonyl (C=O) groups excluding carboxylic acids is 1. The molecule has 0 saturated carbocycles. The maximum Gasteiger partial charge on any atom is 0.318 e. The molecule has 0 radical (unpaired) electrons. The average Bonchev–Trinajstić information content (AvgIpc) is 2.90. The van der Waals surface area contributed by atoms with Gasteiger partial charge in [0.15, 0.2) is 11.6 Å². The Morgan fingerprint density at radius 2 is 1.96 bits per heavy atom. The fraction of sp³-hybridized carbons (Fsp3) is 0.333. The van der Waals surface area contributed by atoms with Crippen LogP contribution in [0.1, 0.15) is 24.0 Å². The van der Waals surface area contributed by atoms with Crippen LogP contribution in [0.3, 0.4) is 0 Å². The molecular formula is C21H23FN2O4. The van der Waals surface area contributed by atoms with Gasteiger partial charge >= 0.3 is 12.0 Å². The summed E-state index contributed by atoms with van der Waals surface area (Å²) < 4.78 is 19.4. The molecule has 1 unspecified atom stereocenters. The summed E-state index contributed by atoms with van der Waals surface area (Å²) >= 11 is 0. The molecule has 0 fully saturated rings. The largest absolute Gasteiger partial charge is 0.488 e. The molecule has 2 aromatic rings. The van der Waals surface area contributed by atoms with Crippen LogP contribution in [0.25, 0.3) is 0 Å². The maximum absolute atomic E-state index is 13.9. The van der Waals surface area contributed by atoms with Gasteiger partial charge in [-0.2, -0.15) is 0 Å². The second-order valence-electron chi connectivity index (χ2n) is 6.77. The average molecular weight is 386 g/mol. The normalized spacial score (nSPS) is 14.4. The van der Waals surface area contributed by atoms with Crippen molar-refractivity contribution >= 4 is 12.0 Å². The number of rotatable bonds is 6. The minimum absolute atomic E-state index is 0.0328. The van der Waals surface area contributed by atoms with Crippen LogP contribution in [-0.2, 0) is 17.8 Å². The third-order valence-electron chi connectivity index (χ3n) is 4.66. The van der Waals surface area contributed by atoms with Crippen LogP contribution in [0.4, 0.5) is 9.18 Å². The van der Waals surface area contributed by atoms with E-state index in [1.165, 1.54) is 6.07 Å². The van der Waals surface area contributed by atoms with E-state index in [2.05, 4.69) is 5.32 Å². The zero-order chi connectivity index (χ0) is 19.9. The number of nitrogens with one attached hydrogen (secondary N) is 1. The van der Waals surface area contributed by atoms with E-state index >= 15 is 0 Å². The van der Waals surface area contributed by atoms with Gasteiger partial charge in [0.2, 0.25) is 0 Å². The fourth-order valence-electron chi connectivity index (χ4n) is 3.24. The van der Waals surface area contributed by atoms with E-state index in [0.717, 1.165) is 5.56 Å². The number of carboxylic acid groups (broad SMARTS) is 1. The van der Waals surface area contributed by atoms with Crippen LogP contribution in [0.5, 0.6) is 5.75 Å². The molecular weight excluding hydrogens is 363 g/mol. The molecule has 2 N–H and O–H groups in total. The van der Waals surface area contributed by atoms with Crippen LogP contribution in [0.15, 0.2) is 48.5 Å². The first-order chi connectivity index (χ1) is 13.5. The lowest BCUT2D eigenvalue weighted by atomic mass is 10.0. The number of fused-ring (bicyclic) bond motifs is 1. The lowest BCUT2D eigenvalue weighted by molar-refractivity contribution is -0.137. The second kappa shape index (κ2) is 9.21. The van der Waals surface area contributed by atoms with Gasteiger partial charge in [0, 0.05) is 18.0 Å². The molecule has 3 rings (SSSR count). The van der Waals surface area contributed by atoms with Crippen molar-refractivity contribution in [2.24, 2.45) is 0 Å². The molecule has 28 heavy (non-hydrogen) atoms. The van der Waals surface area contributed by atoms with E-state index in [-0.39, 0.29) is 37.4 Å². The van der Waals surface area contributed by atoms with Gasteiger partial charge in [0.05, 0.1) is 13.1 Å². The summed E-state index contributed by atoms with van der Waals surface area (Å²) in [7, 11) is 0. The van der Waals surface area contributed by atoms with Crippen molar-refractivity contribution in [3.8, 4) is 5.75 Å². The minimum Gasteiger partial charge on any atom is -0.488 e. The summed E-state index contributed by atoms with van der Waals surface area (Å²) in [6, 6.07) is 13.6. The first kappa shape index (κ1) is 19.7. The van der Waals surface area contributed by atoms with E-state index in [0.29, 0.717) is 24.9 Å². The number of carbonyl (C=O) groups is 2. The Hall–Kier alpha value is -3.09. The number of amides is 2. The predicted octanol–water partition coefficient (Wildman–Crippen LogP) is 3.21. The molecule has 0 spiro atoms. The number of halogens is 1. The number of carboxylic acids is 1. The number of urea groups is 1. The fourth-order valence-corrected chi connectivity index (χ4v) is 3.24. The van der Waals surface area contributed by atoms with E-state index in [1.54, 1.807) is 17.0 Å². The topological polar surface area (TPSA) is 78.9 Å². The van der Waals surface area contributed by atoms with Gasteiger partial charge in [-0.05, 0) is 24.5 Å². The Labute approximate surface area is 162 Å². The molecule has 1 heterocycles. The molecule has 0 aliphatic carbocycles. The Kier molecular flexibility index (Phi) is 6.47. The zero-order valence-electron chi connectivity index (χ0n) is 15.4. The highest BCUT2D eigenvalue weighted by atomic mass is 19.1. The summed E-state index contributed by atoms with van der Waals surface area (Å²) in [5.41, 5.74) is 1.63. The number of ether oxygens (including phenoxy) is 1. The molecule has 1 aliphatic heterocycles. The van der Waals surface area contributed by atoms with Crippen LogP contribution in [0.2, 0.25) is 0 Å². The van der Waals surface area contributed by atoms with Gasteiger partial charge in [-0.3, -0.25) is 4.79 Å². The van der Waals surface area contributed by atoms with E-state index in [9.17, 15) is 14.0 Å². The van der Waals surface area contributed by atoms with Gasteiger partial charge in [0.25, 0.3) is 0 Å². The van der Waals surface area contributed by atoms with Crippen LogP contribution in [-0.4, -0.2) is 41.2 Å². The summed E-state index contributed by atoms with van der Waals surface area (Å²) in [6.45, 7) is 0.743. The van der Waals surface area contributed by atoms with Gasteiger partial charge in [-0.15, -0.1) is 0 Å². The third kappa shape index (κ3) is 5.22. The molecule has 0 bridgehead atoms. The Morgan fingerprint density at radius 1 is 1.18 bits per heavy atom. The highest BCUT2D eigenvalue weighted by Gasteiger charge is 2.24. The molecule has 0 saturated heterocycles. The van der Waals surface area contributed by atoms with Crippen molar-refractivity contribution in [3.05, 3.63) is 65.5 Å². The van der Waals surface area contributed by atoms with Gasteiger partial charge in [0.1, 0.15) is 6.61 Å². The highest BCUT2D eigenvalue weighted by molar-refractivity contribution is 5.75. The Balaban J connectivity index is 1.69. The second-order valence-corrected chi connectivity index (χ2v) is 6.77. The lowest BCUT2D eigenvalue weighted by Crippen LogP contribution is -2.46. The van der Waals surface area contributed by atoms with Crippen molar-refractivity contribution in [1.29, 1.82) is 0 Å². The number of nitrogens with zero attached hydrogens (tertiary/aromatic N) is 1. The van der Waals surface area contributed by atoms with E-state index in [1.807, 2.05) is 30.3 Å². The highest BCUT2D eigenvalue weighted by Crippen LogP contribution is 2.26. The zero-order valence-corrected chi connectivity index (χ0v) is 15.4. The van der Waals surface area contributed by atoms with Gasteiger partial charge in [-0.25, -0.2) is 9.18 Å². The molecule has 2 aromatic carbocycles. The number of hydrogen-bond acceptors (Lipinski definition) is 3. The van der Waals surface area contributed by atoms with Crippen molar-refractivity contribution in [1.82, 2.24) is 10.2 Å². The lowest BCUT2D eigenvalue weighted by Gasteiger charge is -2.25. The third-order valence-corrected chi connectivity index (χ3v) is 4.66. The van der Waals surface area contributed by atoms with Crippen molar-refractivity contribution in [3.63, 3.8) is 0 Å². The van der Waals surface area contributed by atoms with Crippen LogP contribution in [0, 0.1) is 5.82 Å². The van der Waals surface area contributed by atoms with Crippen molar-refractivity contribution < 1.29 is 23.8 Å². The number of benzene rings is 2. The standard InChI is InChI=1S/C21H23FN2O4/c22-18-8-4-7-16-14-24(11-12-28-20(16)18)21(27)23-17(9-10-19(25)26)13-15-5-2-1-3-6-15/h1-8,17H,9-14H2,(H,23,27)(H,25,26). The van der Waals surface area contributed by atoms with Gasteiger partial charge in [-0.1, -0.05) is 42.5 Å². The minimum atomic E-state index is -0.903. The van der Waals surface area contributed by atoms with E-state index < -0.39 is 11.8 Å². The maximum atomic E-state index is 13.9. The van der Waals surface area contributed by atoms with Crippen LogP contribution < -0.4 is 10.1 Å². The van der Waals surface area contributed by atoms with Crippen molar-refractivity contribution in [2.75, 3.05) is 13.2 Å². The number of hydrogen-bond donors (Lipinski definition) is 2. The molecule has 7 heteroatoms. The van der Waals surface area contributed by atoms with Crippen LogP contribution >= 0.6 is 0 Å². The molecule has 0 aromatic heterocycles. The number of para-hydroxylation sites is 1. The molecule has 148 valence electrons.